The largest absolute Gasteiger partial charge is 0.493 e. The van der Waals surface area contributed by atoms with E-state index in [1.807, 2.05) is 23.6 Å². The number of carbonyl (C=O) groups excluding carboxylic acids is 2. The zero-order valence-electron chi connectivity index (χ0n) is 18.4. The van der Waals surface area contributed by atoms with Crippen LogP contribution in [-0.2, 0) is 10.5 Å². The Morgan fingerprint density at radius 1 is 1.06 bits per heavy atom. The highest BCUT2D eigenvalue weighted by atomic mass is 32.2. The number of hydrogen-bond acceptors (Lipinski definition) is 7. The van der Waals surface area contributed by atoms with Crippen LogP contribution in [0.3, 0.4) is 0 Å². The lowest BCUT2D eigenvalue weighted by Crippen LogP contribution is -2.21. The Kier molecular flexibility index (Phi) is 8.13. The number of anilines is 1. The third-order valence-electron chi connectivity index (χ3n) is 4.49. The van der Waals surface area contributed by atoms with Gasteiger partial charge in [0.15, 0.2) is 11.5 Å². The Hall–Kier alpha value is -3.04. The zero-order valence-corrected chi connectivity index (χ0v) is 20.0. The SMILES string of the molecule is COc1ccc(-c2nc(CSCC(=O)Nc3ccc(C(=O)N(C)C)cc3)cs2)cc1OC. The van der Waals surface area contributed by atoms with Crippen LogP contribution in [0.5, 0.6) is 11.5 Å². The number of nitrogens with one attached hydrogen (secondary N) is 1. The highest BCUT2D eigenvalue weighted by Gasteiger charge is 2.11. The van der Waals surface area contributed by atoms with Gasteiger partial charge in [0.1, 0.15) is 5.01 Å². The van der Waals surface area contributed by atoms with Gasteiger partial charge in [-0.15, -0.1) is 23.1 Å². The number of hydrogen-bond donors (Lipinski definition) is 1. The Labute approximate surface area is 195 Å². The van der Waals surface area contributed by atoms with E-state index in [0.717, 1.165) is 16.3 Å². The Balaban J connectivity index is 1.50. The lowest BCUT2D eigenvalue weighted by atomic mass is 10.2. The van der Waals surface area contributed by atoms with Crippen LogP contribution in [0, 0.1) is 0 Å². The molecule has 0 saturated heterocycles. The molecule has 0 saturated carbocycles. The van der Waals surface area contributed by atoms with Gasteiger partial charge in [-0.25, -0.2) is 4.98 Å². The number of benzene rings is 2. The third kappa shape index (κ3) is 6.02. The highest BCUT2D eigenvalue weighted by molar-refractivity contribution is 7.99. The van der Waals surface area contributed by atoms with E-state index in [1.54, 1.807) is 63.9 Å². The van der Waals surface area contributed by atoms with Gasteiger partial charge >= 0.3 is 0 Å². The molecule has 0 spiro atoms. The van der Waals surface area contributed by atoms with E-state index in [1.165, 1.54) is 16.7 Å². The standard InChI is InChI=1S/C23H25N3O4S2/c1-26(2)23(28)15-5-8-17(9-6-15)24-21(27)14-31-12-18-13-32-22(25-18)16-7-10-19(29-3)20(11-16)30-4/h5-11,13H,12,14H2,1-4H3,(H,24,27). The van der Waals surface area contributed by atoms with Crippen LogP contribution in [0.25, 0.3) is 10.6 Å². The predicted molar refractivity (Wildman–Crippen MR) is 130 cm³/mol. The molecular formula is C23H25N3O4S2. The van der Waals surface area contributed by atoms with E-state index in [-0.39, 0.29) is 11.8 Å². The highest BCUT2D eigenvalue weighted by Crippen LogP contribution is 2.34. The summed E-state index contributed by atoms with van der Waals surface area (Å²) in [5, 5.41) is 5.73. The molecule has 1 N–H and O–H groups in total. The molecule has 1 heterocycles. The van der Waals surface area contributed by atoms with Gasteiger partial charge in [-0.2, -0.15) is 0 Å². The summed E-state index contributed by atoms with van der Waals surface area (Å²) < 4.78 is 10.6. The van der Waals surface area contributed by atoms with Gasteiger partial charge in [-0.05, 0) is 42.5 Å². The van der Waals surface area contributed by atoms with Crippen LogP contribution in [0.4, 0.5) is 5.69 Å². The van der Waals surface area contributed by atoms with Gasteiger partial charge in [-0.1, -0.05) is 0 Å². The summed E-state index contributed by atoms with van der Waals surface area (Å²) in [5.74, 6) is 2.10. The number of aromatic nitrogens is 1. The molecule has 0 aliphatic rings. The number of thiazole rings is 1. The van der Waals surface area contributed by atoms with Crippen molar-refractivity contribution in [1.82, 2.24) is 9.88 Å². The number of rotatable bonds is 9. The van der Waals surface area contributed by atoms with Gasteiger partial charge in [0.05, 0.1) is 25.7 Å². The Bertz CT molecular complexity index is 1080. The Morgan fingerprint density at radius 3 is 2.44 bits per heavy atom. The lowest BCUT2D eigenvalue weighted by Gasteiger charge is -2.11. The van der Waals surface area contributed by atoms with E-state index < -0.39 is 0 Å². The summed E-state index contributed by atoms with van der Waals surface area (Å²) in [7, 11) is 6.62. The van der Waals surface area contributed by atoms with Crippen LogP contribution in [0.1, 0.15) is 16.1 Å². The molecule has 0 atom stereocenters. The summed E-state index contributed by atoms with van der Waals surface area (Å²) in [6, 6.07) is 12.6. The first-order chi connectivity index (χ1) is 15.4. The molecule has 0 radical (unpaired) electrons. The maximum absolute atomic E-state index is 12.2. The van der Waals surface area contributed by atoms with Gasteiger partial charge in [0.2, 0.25) is 5.91 Å². The minimum Gasteiger partial charge on any atom is -0.493 e. The second kappa shape index (κ2) is 11.0. The maximum Gasteiger partial charge on any atom is 0.253 e. The zero-order chi connectivity index (χ0) is 23.1. The first-order valence-corrected chi connectivity index (χ1v) is 11.8. The van der Waals surface area contributed by atoms with Crippen molar-refractivity contribution in [3.63, 3.8) is 0 Å². The molecule has 3 aromatic rings. The average molecular weight is 472 g/mol. The molecule has 9 heteroatoms. The monoisotopic (exact) mass is 471 g/mol. The van der Waals surface area contributed by atoms with Gasteiger partial charge in [0.25, 0.3) is 5.91 Å². The maximum atomic E-state index is 12.2. The van der Waals surface area contributed by atoms with Crippen molar-refractivity contribution < 1.29 is 19.1 Å². The van der Waals surface area contributed by atoms with Crippen LogP contribution in [-0.4, -0.2) is 55.8 Å². The quantitative estimate of drug-likeness (QED) is 0.498. The number of ether oxygens (including phenoxy) is 2. The molecular weight excluding hydrogens is 446 g/mol. The number of nitrogens with zero attached hydrogens (tertiary/aromatic N) is 2. The topological polar surface area (TPSA) is 80.8 Å². The second-order valence-electron chi connectivity index (χ2n) is 7.03. The lowest BCUT2D eigenvalue weighted by molar-refractivity contribution is -0.113. The van der Waals surface area contributed by atoms with Crippen LogP contribution < -0.4 is 14.8 Å². The van der Waals surface area contributed by atoms with Crippen molar-refractivity contribution in [3.8, 4) is 22.1 Å². The number of amides is 2. The van der Waals surface area contributed by atoms with E-state index in [9.17, 15) is 9.59 Å². The first kappa shape index (κ1) is 23.6. The number of methoxy groups -OCH3 is 2. The van der Waals surface area contributed by atoms with Gasteiger partial charge < -0.3 is 19.7 Å². The predicted octanol–water partition coefficient (Wildman–Crippen LogP) is 4.40. The number of carbonyl (C=O) groups is 2. The minimum absolute atomic E-state index is 0.0749. The van der Waals surface area contributed by atoms with Gasteiger partial charge in [0, 0.05) is 42.0 Å². The molecule has 0 unspecified atom stereocenters. The molecule has 1 aromatic heterocycles. The molecule has 32 heavy (non-hydrogen) atoms. The molecule has 3 rings (SSSR count). The van der Waals surface area contributed by atoms with Gasteiger partial charge in [-0.3, -0.25) is 9.59 Å². The average Bonchev–Trinajstić information content (AvgIpc) is 3.27. The molecule has 168 valence electrons. The normalized spacial score (nSPS) is 10.5. The fourth-order valence-electron chi connectivity index (χ4n) is 2.87. The van der Waals surface area contributed by atoms with Crippen molar-refractivity contribution in [1.29, 1.82) is 0 Å². The minimum atomic E-state index is -0.1000. The van der Waals surface area contributed by atoms with Crippen molar-refractivity contribution >= 4 is 40.6 Å². The van der Waals surface area contributed by atoms with E-state index >= 15 is 0 Å². The molecule has 0 fully saturated rings. The first-order valence-electron chi connectivity index (χ1n) is 9.77. The van der Waals surface area contributed by atoms with Crippen LogP contribution >= 0.6 is 23.1 Å². The van der Waals surface area contributed by atoms with E-state index in [4.69, 9.17) is 9.47 Å². The summed E-state index contributed by atoms with van der Waals surface area (Å²) in [6.07, 6.45) is 0. The number of thioether (sulfide) groups is 1. The fraction of sp³-hybridized carbons (Fsp3) is 0.261. The molecule has 0 bridgehead atoms. The molecule has 0 aliphatic heterocycles. The second-order valence-corrected chi connectivity index (χ2v) is 8.88. The molecule has 0 aliphatic carbocycles. The summed E-state index contributed by atoms with van der Waals surface area (Å²) in [5.41, 5.74) is 3.12. The summed E-state index contributed by atoms with van der Waals surface area (Å²) >= 11 is 3.04. The van der Waals surface area contributed by atoms with E-state index in [0.29, 0.717) is 34.3 Å². The fourth-order valence-corrected chi connectivity index (χ4v) is 4.51. The molecule has 2 aromatic carbocycles. The van der Waals surface area contributed by atoms with E-state index in [2.05, 4.69) is 10.3 Å². The summed E-state index contributed by atoms with van der Waals surface area (Å²) in [4.78, 5) is 30.3. The molecule has 2 amide bonds. The van der Waals surface area contributed by atoms with Crippen molar-refractivity contribution in [2.45, 2.75) is 5.75 Å². The third-order valence-corrected chi connectivity index (χ3v) is 6.39. The van der Waals surface area contributed by atoms with Crippen molar-refractivity contribution in [3.05, 3.63) is 59.1 Å². The smallest absolute Gasteiger partial charge is 0.253 e. The van der Waals surface area contributed by atoms with Crippen molar-refractivity contribution in [2.75, 3.05) is 39.4 Å². The van der Waals surface area contributed by atoms with Crippen molar-refractivity contribution in [2.24, 2.45) is 0 Å². The van der Waals surface area contributed by atoms with Crippen LogP contribution in [0.15, 0.2) is 47.8 Å². The summed E-state index contributed by atoms with van der Waals surface area (Å²) in [6.45, 7) is 0. The molecule has 7 nitrogen and oxygen atoms in total. The van der Waals surface area contributed by atoms with Crippen LogP contribution in [0.2, 0.25) is 0 Å². The Morgan fingerprint density at radius 2 is 1.78 bits per heavy atom.